The Morgan fingerprint density at radius 3 is 1.59 bits per heavy atom. The molecule has 9 heteroatoms. The predicted octanol–water partition coefficient (Wildman–Crippen LogP) is 9.33. The van der Waals surface area contributed by atoms with Crippen LogP contribution in [0.5, 0.6) is 0 Å². The summed E-state index contributed by atoms with van der Waals surface area (Å²) in [4.78, 5) is 12.9. The summed E-state index contributed by atoms with van der Waals surface area (Å²) in [7, 11) is 0. The highest BCUT2D eigenvalue weighted by molar-refractivity contribution is 5.76. The molecule has 1 amide bonds. The van der Waals surface area contributed by atoms with Crippen LogP contribution in [0.25, 0.3) is 0 Å². The van der Waals surface area contributed by atoms with Gasteiger partial charge >= 0.3 is 0 Å². The molecule has 330 valence electrons. The summed E-state index contributed by atoms with van der Waals surface area (Å²) in [6, 6.07) is -0.736. The van der Waals surface area contributed by atoms with Crippen molar-refractivity contribution in [1.82, 2.24) is 5.32 Å². The minimum absolute atomic E-state index is 0.157. The third-order valence-corrected chi connectivity index (χ3v) is 9.95. The molecular formula is C49H81NO8. The minimum Gasteiger partial charge on any atom is -0.394 e. The fourth-order valence-electron chi connectivity index (χ4n) is 6.35. The van der Waals surface area contributed by atoms with Gasteiger partial charge in [-0.05, 0) is 77.0 Å². The van der Waals surface area contributed by atoms with E-state index in [9.17, 15) is 30.3 Å². The van der Waals surface area contributed by atoms with E-state index in [0.717, 1.165) is 116 Å². The minimum atomic E-state index is -1.56. The summed E-state index contributed by atoms with van der Waals surface area (Å²) in [5, 5.41) is 53.9. The molecule has 9 nitrogen and oxygen atoms in total. The second-order valence-electron chi connectivity index (χ2n) is 15.1. The average molecular weight is 812 g/mol. The Kier molecular flexibility index (Phi) is 35.1. The molecule has 1 fully saturated rings. The van der Waals surface area contributed by atoms with Gasteiger partial charge in [-0.1, -0.05) is 162 Å². The van der Waals surface area contributed by atoms with Crippen molar-refractivity contribution in [2.45, 2.75) is 192 Å². The lowest BCUT2D eigenvalue weighted by atomic mass is 9.99. The lowest BCUT2D eigenvalue weighted by Crippen LogP contribution is -2.60. The molecular weight excluding hydrogens is 731 g/mol. The van der Waals surface area contributed by atoms with E-state index < -0.39 is 49.5 Å². The maximum Gasteiger partial charge on any atom is 0.220 e. The number of aliphatic hydroxyl groups excluding tert-OH is 5. The van der Waals surface area contributed by atoms with Crippen LogP contribution in [0.15, 0.2) is 97.2 Å². The van der Waals surface area contributed by atoms with Crippen molar-refractivity contribution in [3.05, 3.63) is 97.2 Å². The monoisotopic (exact) mass is 812 g/mol. The first-order chi connectivity index (χ1) is 28.3. The Balaban J connectivity index is 2.22. The molecule has 0 radical (unpaired) electrons. The molecule has 0 aromatic rings. The third kappa shape index (κ3) is 28.5. The van der Waals surface area contributed by atoms with Crippen molar-refractivity contribution in [3.63, 3.8) is 0 Å². The van der Waals surface area contributed by atoms with Gasteiger partial charge in [0.15, 0.2) is 6.29 Å². The molecule has 1 heterocycles. The maximum absolute atomic E-state index is 12.9. The SMILES string of the molecule is CC/C=C\C/C=C\C/C=C\C/C=C\C/C=C\C/C=C\C/C=C\C/C=C\CCCCCCC(=O)NC(COC1OC(CO)C(O)C(O)C1O)C(O)CCCCCCCC. The maximum atomic E-state index is 12.9. The van der Waals surface area contributed by atoms with Gasteiger partial charge in [-0.25, -0.2) is 0 Å². The van der Waals surface area contributed by atoms with Crippen molar-refractivity contribution in [3.8, 4) is 0 Å². The summed E-state index contributed by atoms with van der Waals surface area (Å²) in [6.45, 7) is 3.60. The van der Waals surface area contributed by atoms with Crippen LogP contribution in [0.3, 0.4) is 0 Å². The molecule has 7 unspecified atom stereocenters. The second kappa shape index (κ2) is 38.3. The average Bonchev–Trinajstić information content (AvgIpc) is 3.22. The highest BCUT2D eigenvalue weighted by Gasteiger charge is 2.44. The number of amides is 1. The predicted molar refractivity (Wildman–Crippen MR) is 239 cm³/mol. The van der Waals surface area contributed by atoms with Crippen molar-refractivity contribution in [2.24, 2.45) is 0 Å². The second-order valence-corrected chi connectivity index (χ2v) is 15.1. The van der Waals surface area contributed by atoms with Gasteiger partial charge < -0.3 is 40.3 Å². The Bertz CT molecular complexity index is 1220. The van der Waals surface area contributed by atoms with E-state index in [4.69, 9.17) is 9.47 Å². The Morgan fingerprint density at radius 1 is 0.603 bits per heavy atom. The normalized spacial score (nSPS) is 21.8. The van der Waals surface area contributed by atoms with Gasteiger partial charge in [-0.15, -0.1) is 0 Å². The molecule has 0 aromatic heterocycles. The van der Waals surface area contributed by atoms with Gasteiger partial charge in [0.05, 0.1) is 25.4 Å². The van der Waals surface area contributed by atoms with Crippen LogP contribution in [0.4, 0.5) is 0 Å². The number of carbonyl (C=O) groups is 1. The quantitative estimate of drug-likeness (QED) is 0.0274. The summed E-state index contributed by atoms with van der Waals surface area (Å²) in [6.07, 6.45) is 47.4. The molecule has 1 rings (SSSR count). The molecule has 6 N–H and O–H groups in total. The van der Waals surface area contributed by atoms with E-state index in [-0.39, 0.29) is 12.5 Å². The molecule has 1 aliphatic heterocycles. The number of aliphatic hydroxyl groups is 5. The molecule has 0 aliphatic carbocycles. The van der Waals surface area contributed by atoms with Crippen molar-refractivity contribution >= 4 is 5.91 Å². The molecule has 1 saturated heterocycles. The summed E-state index contributed by atoms with van der Waals surface area (Å²) >= 11 is 0. The number of allylic oxidation sites excluding steroid dienone is 16. The zero-order valence-electron chi connectivity index (χ0n) is 36.0. The van der Waals surface area contributed by atoms with Crippen molar-refractivity contribution in [1.29, 1.82) is 0 Å². The van der Waals surface area contributed by atoms with Crippen molar-refractivity contribution < 1.29 is 39.8 Å². The van der Waals surface area contributed by atoms with Gasteiger partial charge in [0.1, 0.15) is 24.4 Å². The Morgan fingerprint density at radius 2 is 1.07 bits per heavy atom. The van der Waals surface area contributed by atoms with Crippen LogP contribution in [-0.2, 0) is 14.3 Å². The Hall–Kier alpha value is -2.89. The standard InChI is InChI=1S/C49H81NO8/c1-3-5-7-9-11-12-13-14-15-16-17-18-19-20-21-22-23-24-25-26-27-28-29-30-31-32-33-35-37-39-45(53)50-42(43(52)38-36-34-10-8-6-4-2)41-57-49-48(56)47(55)46(54)44(40-51)58-49/h5,7,11-12,14-15,17-18,20-21,23-24,26-27,29-30,42-44,46-49,51-52,54-56H,3-4,6,8-10,13,16,19,22,25,28,31-41H2,1-2H3,(H,50,53)/b7-5-,12-11-,15-14-,18-17-,21-20-,24-23-,27-26-,30-29-. The van der Waals surface area contributed by atoms with Gasteiger partial charge in [-0.2, -0.15) is 0 Å². The zero-order chi connectivity index (χ0) is 42.3. The first-order valence-corrected chi connectivity index (χ1v) is 22.4. The lowest BCUT2D eigenvalue weighted by molar-refractivity contribution is -0.302. The van der Waals surface area contributed by atoms with E-state index in [1.165, 1.54) is 6.42 Å². The molecule has 0 saturated carbocycles. The molecule has 1 aliphatic rings. The fraction of sp³-hybridized carbons (Fsp3) is 0.653. The third-order valence-electron chi connectivity index (χ3n) is 9.95. The van der Waals surface area contributed by atoms with E-state index >= 15 is 0 Å². The number of rotatable bonds is 35. The van der Waals surface area contributed by atoms with Crippen LogP contribution in [0.1, 0.15) is 149 Å². The van der Waals surface area contributed by atoms with Crippen LogP contribution in [0.2, 0.25) is 0 Å². The van der Waals surface area contributed by atoms with Crippen LogP contribution in [0, 0.1) is 0 Å². The van der Waals surface area contributed by atoms with Crippen molar-refractivity contribution in [2.75, 3.05) is 13.2 Å². The van der Waals surface area contributed by atoms with Gasteiger partial charge in [0, 0.05) is 6.42 Å². The number of carbonyl (C=O) groups excluding carboxylic acids is 1. The van der Waals surface area contributed by atoms with Crippen LogP contribution < -0.4 is 5.32 Å². The molecule has 0 bridgehead atoms. The molecule has 7 atom stereocenters. The zero-order valence-corrected chi connectivity index (χ0v) is 36.0. The molecule has 0 aromatic carbocycles. The highest BCUT2D eigenvalue weighted by Crippen LogP contribution is 2.23. The highest BCUT2D eigenvalue weighted by atomic mass is 16.7. The fourth-order valence-corrected chi connectivity index (χ4v) is 6.35. The van der Waals surface area contributed by atoms with E-state index in [2.05, 4.69) is 116 Å². The van der Waals surface area contributed by atoms with E-state index in [1.807, 2.05) is 0 Å². The molecule has 58 heavy (non-hydrogen) atoms. The summed E-state index contributed by atoms with van der Waals surface area (Å²) in [5.74, 6) is -0.180. The van der Waals surface area contributed by atoms with Crippen LogP contribution >= 0.6 is 0 Å². The Labute approximate surface area is 352 Å². The number of hydrogen-bond donors (Lipinski definition) is 6. The van der Waals surface area contributed by atoms with Gasteiger partial charge in [0.2, 0.25) is 5.91 Å². The topological polar surface area (TPSA) is 149 Å². The first-order valence-electron chi connectivity index (χ1n) is 22.4. The van der Waals surface area contributed by atoms with Gasteiger partial charge in [0.25, 0.3) is 0 Å². The number of hydrogen-bond acceptors (Lipinski definition) is 8. The van der Waals surface area contributed by atoms with E-state index in [1.54, 1.807) is 0 Å². The number of ether oxygens (including phenoxy) is 2. The summed E-state index contributed by atoms with van der Waals surface area (Å²) in [5.41, 5.74) is 0. The molecule has 0 spiro atoms. The first kappa shape index (κ1) is 53.1. The lowest BCUT2D eigenvalue weighted by Gasteiger charge is -2.40. The number of unbranched alkanes of at least 4 members (excludes halogenated alkanes) is 9. The largest absolute Gasteiger partial charge is 0.394 e. The smallest absolute Gasteiger partial charge is 0.220 e. The van der Waals surface area contributed by atoms with E-state index in [0.29, 0.717) is 12.8 Å². The summed E-state index contributed by atoms with van der Waals surface area (Å²) < 4.78 is 11.2. The van der Waals surface area contributed by atoms with Gasteiger partial charge in [-0.3, -0.25) is 4.79 Å². The van der Waals surface area contributed by atoms with Crippen LogP contribution in [-0.4, -0.2) is 87.5 Å². The number of nitrogens with one attached hydrogen (secondary N) is 1.